The lowest BCUT2D eigenvalue weighted by Crippen LogP contribution is -2.33. The number of halogens is 1. The second-order valence-corrected chi connectivity index (χ2v) is 4.35. The molecule has 1 aliphatic carbocycles. The molecule has 2 rings (SSSR count). The van der Waals surface area contributed by atoms with Gasteiger partial charge in [-0.15, -0.1) is 0 Å². The fourth-order valence-corrected chi connectivity index (χ4v) is 1.66. The van der Waals surface area contributed by atoms with Gasteiger partial charge in [-0.3, -0.25) is 4.79 Å². The summed E-state index contributed by atoms with van der Waals surface area (Å²) in [6, 6.07) is 3.91. The minimum atomic E-state index is -0.650. The number of carbonyl (C=O) groups excluding carboxylic acids is 1. The highest BCUT2D eigenvalue weighted by atomic mass is 19.1. The fourth-order valence-electron chi connectivity index (χ4n) is 1.66. The summed E-state index contributed by atoms with van der Waals surface area (Å²) < 4.78 is 13.4. The maximum atomic E-state index is 13.4. The predicted molar refractivity (Wildman–Crippen MR) is 61.9 cm³/mol. The minimum absolute atomic E-state index is 0.0535. The van der Waals surface area contributed by atoms with Gasteiger partial charge >= 0.3 is 0 Å². The van der Waals surface area contributed by atoms with Crippen LogP contribution in [0, 0.1) is 11.7 Å². The number of anilines is 1. The van der Waals surface area contributed by atoms with E-state index in [2.05, 4.69) is 5.32 Å². The lowest BCUT2D eigenvalue weighted by atomic mass is 10.1. The van der Waals surface area contributed by atoms with Crippen molar-refractivity contribution in [3.05, 3.63) is 29.6 Å². The van der Waals surface area contributed by atoms with E-state index in [-0.39, 0.29) is 23.7 Å². The summed E-state index contributed by atoms with van der Waals surface area (Å²) >= 11 is 0. The van der Waals surface area contributed by atoms with Crippen molar-refractivity contribution in [3.8, 4) is 0 Å². The molecule has 1 amide bonds. The van der Waals surface area contributed by atoms with Gasteiger partial charge in [0.05, 0.1) is 11.7 Å². The Morgan fingerprint density at radius 2 is 2.29 bits per heavy atom. The summed E-state index contributed by atoms with van der Waals surface area (Å²) in [6.07, 6.45) is 1.45. The van der Waals surface area contributed by atoms with Crippen LogP contribution in [0.5, 0.6) is 0 Å². The van der Waals surface area contributed by atoms with Crippen molar-refractivity contribution in [1.82, 2.24) is 5.32 Å². The Kier molecular flexibility index (Phi) is 3.28. The number of amides is 1. The van der Waals surface area contributed by atoms with Gasteiger partial charge in [0.2, 0.25) is 0 Å². The summed E-state index contributed by atoms with van der Waals surface area (Å²) in [6.45, 7) is 0.160. The first-order valence-electron chi connectivity index (χ1n) is 5.59. The monoisotopic (exact) mass is 238 g/mol. The van der Waals surface area contributed by atoms with Crippen molar-refractivity contribution >= 4 is 11.6 Å². The van der Waals surface area contributed by atoms with Crippen molar-refractivity contribution < 1.29 is 14.3 Å². The molecule has 92 valence electrons. The van der Waals surface area contributed by atoms with Gasteiger partial charge in [0.15, 0.2) is 0 Å². The molecule has 1 aromatic rings. The number of hydrogen-bond acceptors (Lipinski definition) is 3. The predicted octanol–water partition coefficient (Wildman–Crippen LogP) is 0.909. The number of hydrogen-bond donors (Lipinski definition) is 3. The average Bonchev–Trinajstić information content (AvgIpc) is 3.09. The molecule has 0 heterocycles. The van der Waals surface area contributed by atoms with Gasteiger partial charge < -0.3 is 16.2 Å². The largest absolute Gasteiger partial charge is 0.399 e. The first-order valence-corrected chi connectivity index (χ1v) is 5.59. The Labute approximate surface area is 98.6 Å². The number of carbonyl (C=O) groups is 1. The normalized spacial score (nSPS) is 16.6. The Morgan fingerprint density at radius 3 is 2.88 bits per heavy atom. The summed E-state index contributed by atoms with van der Waals surface area (Å²) in [5.74, 6) is -0.892. The molecule has 1 atom stereocenters. The van der Waals surface area contributed by atoms with E-state index in [0.29, 0.717) is 0 Å². The van der Waals surface area contributed by atoms with Gasteiger partial charge in [-0.25, -0.2) is 4.39 Å². The topological polar surface area (TPSA) is 75.4 Å². The van der Waals surface area contributed by atoms with Crippen molar-refractivity contribution in [2.24, 2.45) is 5.92 Å². The second kappa shape index (κ2) is 4.71. The summed E-state index contributed by atoms with van der Waals surface area (Å²) in [5.41, 5.74) is 5.61. The van der Waals surface area contributed by atoms with Crippen molar-refractivity contribution in [2.45, 2.75) is 18.9 Å². The molecule has 0 spiro atoms. The molecule has 1 unspecified atom stereocenters. The Hall–Kier alpha value is -1.62. The van der Waals surface area contributed by atoms with Crippen LogP contribution < -0.4 is 11.1 Å². The number of benzene rings is 1. The molecule has 0 aliphatic heterocycles. The van der Waals surface area contributed by atoms with Crippen LogP contribution in [0.25, 0.3) is 0 Å². The van der Waals surface area contributed by atoms with E-state index in [9.17, 15) is 14.3 Å². The molecule has 1 fully saturated rings. The summed E-state index contributed by atoms with van der Waals surface area (Å²) in [7, 11) is 0. The zero-order valence-electron chi connectivity index (χ0n) is 9.32. The van der Waals surface area contributed by atoms with Crippen LogP contribution >= 0.6 is 0 Å². The number of nitrogens with two attached hydrogens (primary N) is 1. The smallest absolute Gasteiger partial charge is 0.254 e. The Morgan fingerprint density at radius 1 is 1.59 bits per heavy atom. The molecule has 0 radical (unpaired) electrons. The van der Waals surface area contributed by atoms with Crippen LogP contribution in [0.3, 0.4) is 0 Å². The van der Waals surface area contributed by atoms with Gasteiger partial charge in [-0.1, -0.05) is 0 Å². The Bertz CT molecular complexity index is 433. The summed E-state index contributed by atoms with van der Waals surface area (Å²) in [4.78, 5) is 11.6. The first kappa shape index (κ1) is 11.9. The molecule has 17 heavy (non-hydrogen) atoms. The maximum Gasteiger partial charge on any atom is 0.254 e. The van der Waals surface area contributed by atoms with Gasteiger partial charge in [-0.2, -0.15) is 0 Å². The molecule has 0 bridgehead atoms. The van der Waals surface area contributed by atoms with Crippen molar-refractivity contribution in [1.29, 1.82) is 0 Å². The van der Waals surface area contributed by atoms with Crippen LogP contribution in [0.4, 0.5) is 10.1 Å². The summed E-state index contributed by atoms with van der Waals surface area (Å²) in [5, 5.41) is 12.1. The number of nitrogen functional groups attached to an aromatic ring is 1. The molecule has 0 aromatic heterocycles. The van der Waals surface area contributed by atoms with E-state index in [1.807, 2.05) is 0 Å². The molecule has 4 N–H and O–H groups in total. The Balaban J connectivity index is 1.94. The van der Waals surface area contributed by atoms with Crippen LogP contribution in [0.2, 0.25) is 0 Å². The van der Waals surface area contributed by atoms with E-state index >= 15 is 0 Å². The van der Waals surface area contributed by atoms with E-state index in [4.69, 9.17) is 5.73 Å². The number of rotatable bonds is 4. The van der Waals surface area contributed by atoms with E-state index in [1.165, 1.54) is 12.1 Å². The molecule has 5 heteroatoms. The number of aliphatic hydroxyl groups excluding tert-OH is 1. The van der Waals surface area contributed by atoms with Crippen molar-refractivity contribution in [3.63, 3.8) is 0 Å². The number of nitrogens with one attached hydrogen (secondary N) is 1. The lowest BCUT2D eigenvalue weighted by molar-refractivity contribution is 0.0897. The molecular weight excluding hydrogens is 223 g/mol. The van der Waals surface area contributed by atoms with E-state index in [1.54, 1.807) is 0 Å². The van der Waals surface area contributed by atoms with Crippen LogP contribution in [-0.4, -0.2) is 23.7 Å². The highest BCUT2D eigenvalue weighted by Gasteiger charge is 2.29. The molecule has 1 aromatic carbocycles. The number of aliphatic hydroxyl groups is 1. The molecule has 0 saturated heterocycles. The lowest BCUT2D eigenvalue weighted by Gasteiger charge is -2.11. The third-order valence-corrected chi connectivity index (χ3v) is 2.88. The standard InChI is InChI=1S/C12H15FN2O2/c13-10-5-8(14)3-4-9(10)12(17)15-6-11(16)7-1-2-7/h3-5,7,11,16H,1-2,6,14H2,(H,15,17). The quantitative estimate of drug-likeness (QED) is 0.682. The minimum Gasteiger partial charge on any atom is -0.399 e. The molecule has 1 saturated carbocycles. The third-order valence-electron chi connectivity index (χ3n) is 2.88. The van der Waals surface area contributed by atoms with Crippen LogP contribution in [0.1, 0.15) is 23.2 Å². The molecular formula is C12H15FN2O2. The van der Waals surface area contributed by atoms with E-state index < -0.39 is 17.8 Å². The maximum absolute atomic E-state index is 13.4. The van der Waals surface area contributed by atoms with E-state index in [0.717, 1.165) is 18.9 Å². The first-order chi connectivity index (χ1) is 8.08. The second-order valence-electron chi connectivity index (χ2n) is 4.35. The third kappa shape index (κ3) is 2.94. The SMILES string of the molecule is Nc1ccc(C(=O)NCC(O)C2CC2)c(F)c1. The van der Waals surface area contributed by atoms with Gasteiger partial charge in [-0.05, 0) is 37.0 Å². The van der Waals surface area contributed by atoms with Gasteiger partial charge in [0.25, 0.3) is 5.91 Å². The van der Waals surface area contributed by atoms with Crippen molar-refractivity contribution in [2.75, 3.05) is 12.3 Å². The fraction of sp³-hybridized carbons (Fsp3) is 0.417. The zero-order valence-corrected chi connectivity index (χ0v) is 9.32. The molecule has 1 aliphatic rings. The molecule has 4 nitrogen and oxygen atoms in total. The average molecular weight is 238 g/mol. The van der Waals surface area contributed by atoms with Crippen LogP contribution in [0.15, 0.2) is 18.2 Å². The zero-order chi connectivity index (χ0) is 12.4. The highest BCUT2D eigenvalue weighted by molar-refractivity contribution is 5.94. The van der Waals surface area contributed by atoms with Gasteiger partial charge in [0, 0.05) is 12.2 Å². The highest BCUT2D eigenvalue weighted by Crippen LogP contribution is 2.32. The van der Waals surface area contributed by atoms with Gasteiger partial charge in [0.1, 0.15) is 5.82 Å². The van der Waals surface area contributed by atoms with Crippen LogP contribution in [-0.2, 0) is 0 Å².